The summed E-state index contributed by atoms with van der Waals surface area (Å²) < 4.78 is 5.21. The Morgan fingerprint density at radius 2 is 2.17 bits per heavy atom. The first-order chi connectivity index (χ1) is 11.6. The average Bonchev–Trinajstić information content (AvgIpc) is 3.23. The maximum Gasteiger partial charge on any atom is 0.267 e. The third kappa shape index (κ3) is 3.44. The second-order valence-corrected chi connectivity index (χ2v) is 6.66. The normalized spacial score (nSPS) is 12.5. The Balaban J connectivity index is 1.72. The van der Waals surface area contributed by atoms with Gasteiger partial charge in [0, 0.05) is 23.5 Å². The number of hydrogen-bond acceptors (Lipinski definition) is 4. The summed E-state index contributed by atoms with van der Waals surface area (Å²) in [5, 5.41) is 8.18. The van der Waals surface area contributed by atoms with Crippen LogP contribution in [0.5, 0.6) is 5.75 Å². The van der Waals surface area contributed by atoms with E-state index >= 15 is 0 Å². The van der Waals surface area contributed by atoms with E-state index in [4.69, 9.17) is 4.74 Å². The van der Waals surface area contributed by atoms with Gasteiger partial charge in [-0.25, -0.2) is 0 Å². The fourth-order valence-electron chi connectivity index (χ4n) is 2.70. The molecule has 126 valence electrons. The molecule has 0 bridgehead atoms. The zero-order valence-corrected chi connectivity index (χ0v) is 14.8. The van der Waals surface area contributed by atoms with Gasteiger partial charge in [0.1, 0.15) is 11.4 Å². The maximum absolute atomic E-state index is 12.5. The number of fused-ring (bicyclic) bond motifs is 1. The molecule has 5 nitrogen and oxygen atoms in total. The molecule has 0 aliphatic rings. The van der Waals surface area contributed by atoms with Gasteiger partial charge in [-0.3, -0.25) is 4.79 Å². The standard InChI is InChI=1S/C18H21N3O2S/c1-21(2)17(13-6-7-24-11-13)10-19-18(22)16-8-12-4-5-14(23-3)9-15(12)20-16/h4-9,11,17,20H,10H2,1-3H3,(H,19,22)/t17-/m0/s1. The van der Waals surface area contributed by atoms with E-state index in [1.165, 1.54) is 5.56 Å². The van der Waals surface area contributed by atoms with Gasteiger partial charge >= 0.3 is 0 Å². The van der Waals surface area contributed by atoms with Crippen LogP contribution >= 0.6 is 11.3 Å². The summed E-state index contributed by atoms with van der Waals surface area (Å²) in [6.45, 7) is 0.557. The highest BCUT2D eigenvalue weighted by Gasteiger charge is 2.17. The van der Waals surface area contributed by atoms with Crippen LogP contribution in [0.1, 0.15) is 22.1 Å². The van der Waals surface area contributed by atoms with Gasteiger partial charge in [0.2, 0.25) is 0 Å². The van der Waals surface area contributed by atoms with Crippen molar-refractivity contribution in [2.45, 2.75) is 6.04 Å². The fourth-order valence-corrected chi connectivity index (χ4v) is 3.41. The van der Waals surface area contributed by atoms with Crippen molar-refractivity contribution in [1.29, 1.82) is 0 Å². The first kappa shape index (κ1) is 16.5. The van der Waals surface area contributed by atoms with Crippen molar-refractivity contribution in [2.75, 3.05) is 27.7 Å². The summed E-state index contributed by atoms with van der Waals surface area (Å²) in [5.41, 5.74) is 2.66. The molecule has 0 unspecified atom stereocenters. The summed E-state index contributed by atoms with van der Waals surface area (Å²) >= 11 is 1.66. The quantitative estimate of drug-likeness (QED) is 0.722. The zero-order valence-electron chi connectivity index (χ0n) is 14.0. The highest BCUT2D eigenvalue weighted by Crippen LogP contribution is 2.22. The monoisotopic (exact) mass is 343 g/mol. The molecule has 2 aromatic heterocycles. The van der Waals surface area contributed by atoms with Crippen molar-refractivity contribution in [3.63, 3.8) is 0 Å². The van der Waals surface area contributed by atoms with Crippen LogP contribution in [0.15, 0.2) is 41.1 Å². The van der Waals surface area contributed by atoms with Crippen LogP contribution in [0.25, 0.3) is 10.9 Å². The number of thiophene rings is 1. The number of hydrogen-bond donors (Lipinski definition) is 2. The van der Waals surface area contributed by atoms with E-state index in [2.05, 4.69) is 32.0 Å². The van der Waals surface area contributed by atoms with E-state index in [1.54, 1.807) is 18.4 Å². The van der Waals surface area contributed by atoms with Crippen molar-refractivity contribution in [1.82, 2.24) is 15.2 Å². The van der Waals surface area contributed by atoms with Gasteiger partial charge in [0.05, 0.1) is 13.2 Å². The third-order valence-corrected chi connectivity index (χ3v) is 4.78. The Kier molecular flexibility index (Phi) is 4.87. The lowest BCUT2D eigenvalue weighted by molar-refractivity contribution is 0.0938. The molecule has 1 amide bonds. The minimum atomic E-state index is -0.104. The average molecular weight is 343 g/mol. The molecule has 24 heavy (non-hydrogen) atoms. The smallest absolute Gasteiger partial charge is 0.267 e. The molecule has 0 aliphatic heterocycles. The SMILES string of the molecule is COc1ccc2cc(C(=O)NC[C@@H](c3ccsc3)N(C)C)[nH]c2c1. The minimum Gasteiger partial charge on any atom is -0.497 e. The number of carbonyl (C=O) groups excluding carboxylic acids is 1. The molecule has 6 heteroatoms. The van der Waals surface area contributed by atoms with Crippen LogP contribution < -0.4 is 10.1 Å². The second-order valence-electron chi connectivity index (χ2n) is 5.88. The Bertz CT molecular complexity index is 824. The first-order valence-electron chi connectivity index (χ1n) is 7.72. The van der Waals surface area contributed by atoms with Gasteiger partial charge in [0.15, 0.2) is 0 Å². The summed E-state index contributed by atoms with van der Waals surface area (Å²) in [6, 6.07) is 9.83. The van der Waals surface area contributed by atoms with Crippen LogP contribution in [0.2, 0.25) is 0 Å². The number of amides is 1. The molecule has 2 heterocycles. The van der Waals surface area contributed by atoms with Crippen molar-refractivity contribution >= 4 is 28.1 Å². The third-order valence-electron chi connectivity index (χ3n) is 4.08. The predicted octanol–water partition coefficient (Wildman–Crippen LogP) is 3.27. The van der Waals surface area contributed by atoms with Crippen molar-refractivity contribution in [2.24, 2.45) is 0 Å². The molecule has 0 spiro atoms. The zero-order chi connectivity index (χ0) is 17.1. The molecule has 0 saturated carbocycles. The second kappa shape index (κ2) is 7.07. The van der Waals surface area contributed by atoms with Crippen molar-refractivity contribution < 1.29 is 9.53 Å². The number of aromatic nitrogens is 1. The van der Waals surface area contributed by atoms with Crippen LogP contribution in [0.3, 0.4) is 0 Å². The number of benzene rings is 1. The molecule has 0 aliphatic carbocycles. The molecule has 0 fully saturated rings. The van der Waals surface area contributed by atoms with Crippen LogP contribution in [0.4, 0.5) is 0 Å². The summed E-state index contributed by atoms with van der Waals surface area (Å²) in [5.74, 6) is 0.661. The van der Waals surface area contributed by atoms with E-state index in [1.807, 2.05) is 38.4 Å². The van der Waals surface area contributed by atoms with Crippen LogP contribution in [0, 0.1) is 0 Å². The number of H-pyrrole nitrogens is 1. The molecule has 3 rings (SSSR count). The van der Waals surface area contributed by atoms with Gasteiger partial charge in [-0.1, -0.05) is 0 Å². The Morgan fingerprint density at radius 3 is 2.83 bits per heavy atom. The number of carbonyl (C=O) groups is 1. The molecule has 0 saturated heterocycles. The van der Waals surface area contributed by atoms with E-state index < -0.39 is 0 Å². The largest absolute Gasteiger partial charge is 0.497 e. The topological polar surface area (TPSA) is 57.4 Å². The number of likely N-dealkylation sites (N-methyl/N-ethyl adjacent to an activating group) is 1. The molecule has 1 aromatic carbocycles. The van der Waals surface area contributed by atoms with Gasteiger partial charge in [-0.05, 0) is 54.7 Å². The number of ether oxygens (including phenoxy) is 1. The lowest BCUT2D eigenvalue weighted by Gasteiger charge is -2.23. The molecule has 2 N–H and O–H groups in total. The molecular formula is C18H21N3O2S. The van der Waals surface area contributed by atoms with Gasteiger partial charge < -0.3 is 19.9 Å². The highest BCUT2D eigenvalue weighted by molar-refractivity contribution is 7.07. The van der Waals surface area contributed by atoms with Crippen molar-refractivity contribution in [3.8, 4) is 5.75 Å². The minimum absolute atomic E-state index is 0.104. The lowest BCUT2D eigenvalue weighted by atomic mass is 10.1. The summed E-state index contributed by atoms with van der Waals surface area (Å²) in [7, 11) is 5.66. The van der Waals surface area contributed by atoms with Gasteiger partial charge in [-0.15, -0.1) is 0 Å². The maximum atomic E-state index is 12.5. The first-order valence-corrected chi connectivity index (χ1v) is 8.66. The Hall–Kier alpha value is -2.31. The van der Waals surface area contributed by atoms with Gasteiger partial charge in [-0.2, -0.15) is 11.3 Å². The molecule has 0 radical (unpaired) electrons. The Labute approximate surface area is 145 Å². The predicted molar refractivity (Wildman–Crippen MR) is 97.9 cm³/mol. The van der Waals surface area contributed by atoms with E-state index in [-0.39, 0.29) is 11.9 Å². The molecule has 1 atom stereocenters. The number of nitrogens with zero attached hydrogens (tertiary/aromatic N) is 1. The molecular weight excluding hydrogens is 322 g/mol. The Morgan fingerprint density at radius 1 is 1.33 bits per heavy atom. The van der Waals surface area contributed by atoms with Crippen LogP contribution in [-0.2, 0) is 0 Å². The van der Waals surface area contributed by atoms with E-state index in [9.17, 15) is 4.79 Å². The van der Waals surface area contributed by atoms with Gasteiger partial charge in [0.25, 0.3) is 5.91 Å². The van der Waals surface area contributed by atoms with E-state index in [0.29, 0.717) is 12.2 Å². The number of nitrogens with one attached hydrogen (secondary N) is 2. The number of aromatic amines is 1. The van der Waals surface area contributed by atoms with E-state index in [0.717, 1.165) is 16.7 Å². The van der Waals surface area contributed by atoms with Crippen LogP contribution in [-0.4, -0.2) is 43.5 Å². The number of methoxy groups -OCH3 is 1. The lowest BCUT2D eigenvalue weighted by Crippen LogP contribution is -2.34. The molecule has 3 aromatic rings. The summed E-state index contributed by atoms with van der Waals surface area (Å²) in [4.78, 5) is 17.7. The summed E-state index contributed by atoms with van der Waals surface area (Å²) in [6.07, 6.45) is 0. The number of rotatable bonds is 6. The van der Waals surface area contributed by atoms with Crippen molar-refractivity contribution in [3.05, 3.63) is 52.3 Å². The highest BCUT2D eigenvalue weighted by atomic mass is 32.1. The fraction of sp³-hybridized carbons (Fsp3) is 0.278.